The Kier molecular flexibility index (Phi) is 7.12. The molecule has 10 nitrogen and oxygen atoms in total. The first kappa shape index (κ1) is 25.1. The van der Waals surface area contributed by atoms with Crippen LogP contribution in [0.1, 0.15) is 44.5 Å². The summed E-state index contributed by atoms with van der Waals surface area (Å²) in [5.41, 5.74) is 10.3. The van der Waals surface area contributed by atoms with Crippen molar-refractivity contribution in [1.82, 2.24) is 30.1 Å². The van der Waals surface area contributed by atoms with Gasteiger partial charge in [-0.1, -0.05) is 32.0 Å². The van der Waals surface area contributed by atoms with Crippen molar-refractivity contribution in [2.75, 3.05) is 13.1 Å². The van der Waals surface area contributed by atoms with Gasteiger partial charge < -0.3 is 15.2 Å². The summed E-state index contributed by atoms with van der Waals surface area (Å²) in [6.45, 7) is 5.85. The monoisotopic (exact) mass is 510 g/mol. The van der Waals surface area contributed by atoms with Crippen LogP contribution in [-0.2, 0) is 11.3 Å². The first-order chi connectivity index (χ1) is 18.5. The zero-order chi connectivity index (χ0) is 26.6. The summed E-state index contributed by atoms with van der Waals surface area (Å²) in [4.78, 5) is 32.8. The van der Waals surface area contributed by atoms with Crippen LogP contribution < -0.4 is 11.3 Å². The molecular weight excluding hydrogens is 480 g/mol. The molecule has 2 aromatic heterocycles. The molecule has 0 saturated carbocycles. The molecule has 0 radical (unpaired) electrons. The van der Waals surface area contributed by atoms with E-state index in [0.29, 0.717) is 29.0 Å². The quantitative estimate of drug-likeness (QED) is 0.371. The molecule has 2 aromatic carbocycles. The summed E-state index contributed by atoms with van der Waals surface area (Å²) in [5.74, 6) is 0.938. The SMILES string of the molecule is CCCN(CCC)C(=O)C1=Cc2ccc(-c3ccc4c(=O)n(Cc5nnn[nH]5)ccc4c3)cc2N=C(N)C1. The van der Waals surface area contributed by atoms with Crippen molar-refractivity contribution in [1.29, 1.82) is 0 Å². The highest BCUT2D eigenvalue weighted by atomic mass is 16.2. The second-order valence-corrected chi connectivity index (χ2v) is 9.41. The third-order valence-corrected chi connectivity index (χ3v) is 6.56. The molecule has 38 heavy (non-hydrogen) atoms. The van der Waals surface area contributed by atoms with E-state index in [4.69, 9.17) is 5.73 Å². The summed E-state index contributed by atoms with van der Waals surface area (Å²) < 4.78 is 1.57. The fourth-order valence-corrected chi connectivity index (χ4v) is 4.76. The van der Waals surface area contributed by atoms with Crippen molar-refractivity contribution >= 4 is 34.3 Å². The molecule has 5 rings (SSSR count). The molecule has 4 aromatic rings. The van der Waals surface area contributed by atoms with Gasteiger partial charge in [-0.15, -0.1) is 5.10 Å². The van der Waals surface area contributed by atoms with E-state index in [9.17, 15) is 9.59 Å². The lowest BCUT2D eigenvalue weighted by Gasteiger charge is -2.22. The van der Waals surface area contributed by atoms with E-state index >= 15 is 0 Å². The van der Waals surface area contributed by atoms with Crippen LogP contribution in [-0.4, -0.2) is 54.9 Å². The fourth-order valence-electron chi connectivity index (χ4n) is 4.76. The Morgan fingerprint density at radius 3 is 2.58 bits per heavy atom. The topological polar surface area (TPSA) is 135 Å². The van der Waals surface area contributed by atoms with Gasteiger partial charge in [-0.2, -0.15) is 0 Å². The highest BCUT2D eigenvalue weighted by molar-refractivity contribution is 6.05. The number of carbonyl (C=O) groups is 1. The third-order valence-electron chi connectivity index (χ3n) is 6.56. The highest BCUT2D eigenvalue weighted by Gasteiger charge is 2.21. The van der Waals surface area contributed by atoms with Crippen molar-refractivity contribution in [2.24, 2.45) is 10.7 Å². The summed E-state index contributed by atoms with van der Waals surface area (Å²) in [5, 5.41) is 15.1. The van der Waals surface area contributed by atoms with Gasteiger partial charge in [-0.25, -0.2) is 10.1 Å². The van der Waals surface area contributed by atoms with Gasteiger partial charge >= 0.3 is 0 Å². The van der Waals surface area contributed by atoms with Crippen LogP contribution in [0, 0.1) is 0 Å². The van der Waals surface area contributed by atoms with Crippen molar-refractivity contribution in [3.05, 3.63) is 76.0 Å². The summed E-state index contributed by atoms with van der Waals surface area (Å²) in [6, 6.07) is 13.6. The van der Waals surface area contributed by atoms with Gasteiger partial charge in [0.05, 0.1) is 12.2 Å². The Bertz CT molecular complexity index is 1600. The number of aromatic nitrogens is 5. The molecule has 1 aliphatic heterocycles. The molecule has 194 valence electrons. The number of nitrogens with two attached hydrogens (primary N) is 1. The Labute approximate surface area is 219 Å². The predicted octanol–water partition coefficient (Wildman–Crippen LogP) is 3.65. The van der Waals surface area contributed by atoms with Crippen LogP contribution in [0.4, 0.5) is 5.69 Å². The Morgan fingerprint density at radius 2 is 1.84 bits per heavy atom. The second-order valence-electron chi connectivity index (χ2n) is 9.41. The average molecular weight is 511 g/mol. The molecule has 0 spiro atoms. The van der Waals surface area contributed by atoms with E-state index < -0.39 is 0 Å². The summed E-state index contributed by atoms with van der Waals surface area (Å²) in [6.07, 6.45) is 5.78. The number of hydrogen-bond donors (Lipinski definition) is 2. The number of hydrogen-bond acceptors (Lipinski definition) is 7. The number of aromatic amines is 1. The van der Waals surface area contributed by atoms with E-state index in [2.05, 4.69) is 39.5 Å². The molecule has 0 unspecified atom stereocenters. The van der Waals surface area contributed by atoms with Crippen molar-refractivity contribution in [2.45, 2.75) is 39.7 Å². The van der Waals surface area contributed by atoms with E-state index in [1.54, 1.807) is 10.8 Å². The van der Waals surface area contributed by atoms with Gasteiger partial charge in [-0.05, 0) is 70.1 Å². The maximum absolute atomic E-state index is 13.2. The smallest absolute Gasteiger partial charge is 0.258 e. The number of pyridine rings is 1. The van der Waals surface area contributed by atoms with Crippen LogP contribution >= 0.6 is 0 Å². The Balaban J connectivity index is 1.46. The maximum Gasteiger partial charge on any atom is 0.258 e. The minimum absolute atomic E-state index is 0.0172. The first-order valence-electron chi connectivity index (χ1n) is 12.8. The number of aliphatic imine (C=N–C) groups is 1. The maximum atomic E-state index is 13.2. The van der Waals surface area contributed by atoms with Crippen LogP contribution in [0.5, 0.6) is 0 Å². The molecule has 0 atom stereocenters. The molecule has 1 aliphatic rings. The van der Waals surface area contributed by atoms with Gasteiger partial charge in [-0.3, -0.25) is 9.59 Å². The van der Waals surface area contributed by atoms with Gasteiger partial charge in [0.2, 0.25) is 5.91 Å². The third kappa shape index (κ3) is 5.10. The number of nitrogens with zero attached hydrogens (tertiary/aromatic N) is 6. The van der Waals surface area contributed by atoms with Crippen LogP contribution in [0.3, 0.4) is 0 Å². The molecule has 0 aliphatic carbocycles. The van der Waals surface area contributed by atoms with Gasteiger partial charge in [0.25, 0.3) is 5.56 Å². The van der Waals surface area contributed by atoms with Crippen LogP contribution in [0.15, 0.2) is 64.0 Å². The molecular formula is C28H30N8O2. The van der Waals surface area contributed by atoms with Crippen LogP contribution in [0.25, 0.3) is 28.0 Å². The lowest BCUT2D eigenvalue weighted by molar-refractivity contribution is -0.127. The van der Waals surface area contributed by atoms with Crippen LogP contribution in [0.2, 0.25) is 0 Å². The van der Waals surface area contributed by atoms with Gasteiger partial charge in [0.15, 0.2) is 5.82 Å². The van der Waals surface area contributed by atoms with Gasteiger partial charge in [0.1, 0.15) is 5.84 Å². The fraction of sp³-hybridized carbons (Fsp3) is 0.286. The summed E-state index contributed by atoms with van der Waals surface area (Å²) in [7, 11) is 0. The van der Waals surface area contributed by atoms with Crippen molar-refractivity contribution in [3.63, 3.8) is 0 Å². The molecule has 3 heterocycles. The van der Waals surface area contributed by atoms with Gasteiger partial charge in [0, 0.05) is 42.2 Å². The lowest BCUT2D eigenvalue weighted by Crippen LogP contribution is -2.34. The number of nitrogens with one attached hydrogen (secondary N) is 1. The standard InChI is InChI=1S/C28H30N8O2/c1-3-10-35(11-4-2)27(37)22-14-21-6-5-19(15-24(21)30-25(29)16-22)18-7-8-23-20(13-18)9-12-36(28(23)38)17-26-31-33-34-32-26/h5-9,12-15H,3-4,10-11,16-17H2,1-2H3,(H2,29,30)(H,31,32,33,34). The largest absolute Gasteiger partial charge is 0.387 e. The molecule has 1 amide bonds. The molecule has 0 saturated heterocycles. The zero-order valence-electron chi connectivity index (χ0n) is 21.5. The number of benzene rings is 2. The molecule has 0 fully saturated rings. The number of rotatable bonds is 8. The predicted molar refractivity (Wildman–Crippen MR) is 148 cm³/mol. The average Bonchev–Trinajstić information content (AvgIpc) is 3.37. The Hall–Kier alpha value is -4.60. The zero-order valence-corrected chi connectivity index (χ0v) is 21.5. The minimum atomic E-state index is -0.118. The molecule has 10 heteroatoms. The number of tetrazole rings is 1. The number of H-pyrrole nitrogens is 1. The normalized spacial score (nSPS) is 13.0. The van der Waals surface area contributed by atoms with Crippen molar-refractivity contribution in [3.8, 4) is 11.1 Å². The second kappa shape index (κ2) is 10.8. The van der Waals surface area contributed by atoms with E-state index in [1.807, 2.05) is 53.4 Å². The Morgan fingerprint density at radius 1 is 1.08 bits per heavy atom. The number of carbonyl (C=O) groups excluding carboxylic acids is 1. The lowest BCUT2D eigenvalue weighted by atomic mass is 9.99. The number of fused-ring (bicyclic) bond motifs is 2. The molecule has 3 N–H and O–H groups in total. The highest BCUT2D eigenvalue weighted by Crippen LogP contribution is 2.33. The molecule has 0 bridgehead atoms. The summed E-state index contributed by atoms with van der Waals surface area (Å²) >= 11 is 0. The van der Waals surface area contributed by atoms with E-state index in [0.717, 1.165) is 53.7 Å². The number of amidine groups is 1. The first-order valence-corrected chi connectivity index (χ1v) is 12.8. The van der Waals surface area contributed by atoms with E-state index in [1.165, 1.54) is 0 Å². The van der Waals surface area contributed by atoms with Crippen molar-refractivity contribution < 1.29 is 4.79 Å². The number of amides is 1. The minimum Gasteiger partial charge on any atom is -0.387 e. The van der Waals surface area contributed by atoms with E-state index in [-0.39, 0.29) is 18.0 Å².